The van der Waals surface area contributed by atoms with Crippen molar-refractivity contribution < 1.29 is 4.52 Å². The van der Waals surface area contributed by atoms with Gasteiger partial charge in [-0.25, -0.2) is 0 Å². The maximum Gasteiger partial charge on any atom is 0.150 e. The number of fused-ring (bicyclic) bond motifs is 1. The Bertz CT molecular complexity index is 677. The molecule has 1 aromatic carbocycles. The molecule has 0 unspecified atom stereocenters. The second-order valence-electron chi connectivity index (χ2n) is 4.52. The summed E-state index contributed by atoms with van der Waals surface area (Å²) < 4.78 is 5.06. The minimum Gasteiger partial charge on any atom is -0.360 e. The Kier molecular flexibility index (Phi) is 3.25. The van der Waals surface area contributed by atoms with Crippen molar-refractivity contribution >= 4 is 10.9 Å². The van der Waals surface area contributed by atoms with E-state index in [0.29, 0.717) is 6.54 Å². The molecule has 0 saturated carbocycles. The lowest BCUT2D eigenvalue weighted by molar-refractivity contribution is 0.373. The SMILES string of the molecule is Cc1cc(CNCc2ccno2)c2ccccc2n1. The van der Waals surface area contributed by atoms with Gasteiger partial charge < -0.3 is 9.84 Å². The zero-order valence-electron chi connectivity index (χ0n) is 10.8. The Hall–Kier alpha value is -2.20. The van der Waals surface area contributed by atoms with Crippen molar-refractivity contribution in [1.82, 2.24) is 15.5 Å². The Morgan fingerprint density at radius 1 is 1.16 bits per heavy atom. The van der Waals surface area contributed by atoms with Gasteiger partial charge in [-0.15, -0.1) is 0 Å². The molecule has 4 heteroatoms. The molecule has 0 bridgehead atoms. The molecule has 0 aliphatic heterocycles. The molecule has 96 valence electrons. The monoisotopic (exact) mass is 253 g/mol. The summed E-state index contributed by atoms with van der Waals surface area (Å²) in [6, 6.07) is 12.2. The van der Waals surface area contributed by atoms with E-state index in [0.717, 1.165) is 23.5 Å². The van der Waals surface area contributed by atoms with Gasteiger partial charge in [0.05, 0.1) is 18.3 Å². The summed E-state index contributed by atoms with van der Waals surface area (Å²) in [6.45, 7) is 3.48. The molecule has 0 atom stereocenters. The average Bonchev–Trinajstić information content (AvgIpc) is 2.91. The van der Waals surface area contributed by atoms with Crippen molar-refractivity contribution in [3.8, 4) is 0 Å². The predicted molar refractivity (Wildman–Crippen MR) is 73.5 cm³/mol. The fourth-order valence-corrected chi connectivity index (χ4v) is 2.19. The van der Waals surface area contributed by atoms with E-state index in [1.165, 1.54) is 10.9 Å². The van der Waals surface area contributed by atoms with Crippen molar-refractivity contribution in [2.75, 3.05) is 0 Å². The first-order valence-corrected chi connectivity index (χ1v) is 6.28. The van der Waals surface area contributed by atoms with Crippen LogP contribution >= 0.6 is 0 Å². The third-order valence-electron chi connectivity index (χ3n) is 3.04. The van der Waals surface area contributed by atoms with Crippen LogP contribution in [0, 0.1) is 6.92 Å². The molecule has 0 spiro atoms. The van der Waals surface area contributed by atoms with Crippen LogP contribution in [0.4, 0.5) is 0 Å². The van der Waals surface area contributed by atoms with Crippen molar-refractivity contribution in [2.24, 2.45) is 0 Å². The number of aryl methyl sites for hydroxylation is 1. The molecule has 0 amide bonds. The van der Waals surface area contributed by atoms with Crippen LogP contribution in [-0.2, 0) is 13.1 Å². The Balaban J connectivity index is 1.80. The van der Waals surface area contributed by atoms with Crippen molar-refractivity contribution in [3.63, 3.8) is 0 Å². The standard InChI is InChI=1S/C15H15N3O/c1-11-8-12(9-16-10-13-6-7-17-19-13)14-4-2-3-5-15(14)18-11/h2-8,16H,9-10H2,1H3. The van der Waals surface area contributed by atoms with Crippen LogP contribution in [0.5, 0.6) is 0 Å². The lowest BCUT2D eigenvalue weighted by Gasteiger charge is -2.08. The lowest BCUT2D eigenvalue weighted by atomic mass is 10.1. The molecule has 3 rings (SSSR count). The summed E-state index contributed by atoms with van der Waals surface area (Å²) in [5.41, 5.74) is 3.33. The zero-order chi connectivity index (χ0) is 13.1. The molecule has 3 aromatic rings. The summed E-state index contributed by atoms with van der Waals surface area (Å²) >= 11 is 0. The lowest BCUT2D eigenvalue weighted by Crippen LogP contribution is -2.12. The van der Waals surface area contributed by atoms with E-state index in [4.69, 9.17) is 4.52 Å². The average molecular weight is 253 g/mol. The normalized spacial score (nSPS) is 11.0. The van der Waals surface area contributed by atoms with E-state index in [1.54, 1.807) is 6.20 Å². The summed E-state index contributed by atoms with van der Waals surface area (Å²) in [5.74, 6) is 0.843. The van der Waals surface area contributed by atoms with E-state index in [-0.39, 0.29) is 0 Å². The van der Waals surface area contributed by atoms with Gasteiger partial charge in [0.25, 0.3) is 0 Å². The summed E-state index contributed by atoms with van der Waals surface area (Å²) in [4.78, 5) is 4.54. The molecular formula is C15H15N3O. The Morgan fingerprint density at radius 3 is 2.89 bits per heavy atom. The molecule has 2 aromatic heterocycles. The first kappa shape index (κ1) is 11.9. The number of nitrogens with one attached hydrogen (secondary N) is 1. The highest BCUT2D eigenvalue weighted by atomic mass is 16.5. The third-order valence-corrected chi connectivity index (χ3v) is 3.04. The molecule has 0 fully saturated rings. The van der Waals surface area contributed by atoms with E-state index < -0.39 is 0 Å². The minimum atomic E-state index is 0.676. The number of pyridine rings is 1. The highest BCUT2D eigenvalue weighted by Crippen LogP contribution is 2.18. The highest BCUT2D eigenvalue weighted by Gasteiger charge is 2.04. The van der Waals surface area contributed by atoms with E-state index in [1.807, 2.05) is 31.2 Å². The number of hydrogen-bond acceptors (Lipinski definition) is 4. The molecule has 0 aliphatic rings. The van der Waals surface area contributed by atoms with E-state index >= 15 is 0 Å². The van der Waals surface area contributed by atoms with E-state index in [2.05, 4.69) is 27.6 Å². The number of nitrogens with zero attached hydrogens (tertiary/aromatic N) is 2. The number of para-hydroxylation sites is 1. The zero-order valence-corrected chi connectivity index (χ0v) is 10.8. The predicted octanol–water partition coefficient (Wildman–Crippen LogP) is 2.82. The molecule has 0 radical (unpaired) electrons. The second-order valence-corrected chi connectivity index (χ2v) is 4.52. The molecule has 1 N–H and O–H groups in total. The van der Waals surface area contributed by atoms with Gasteiger partial charge in [-0.2, -0.15) is 0 Å². The molecule has 2 heterocycles. The molecule has 0 saturated heterocycles. The first-order valence-electron chi connectivity index (χ1n) is 6.28. The van der Waals surface area contributed by atoms with Crippen LogP contribution < -0.4 is 5.32 Å². The molecule has 19 heavy (non-hydrogen) atoms. The largest absolute Gasteiger partial charge is 0.360 e. The van der Waals surface area contributed by atoms with E-state index in [9.17, 15) is 0 Å². The third kappa shape index (κ3) is 2.63. The fraction of sp³-hybridized carbons (Fsp3) is 0.200. The number of benzene rings is 1. The molecule has 4 nitrogen and oxygen atoms in total. The summed E-state index contributed by atoms with van der Waals surface area (Å²) in [5, 5.41) is 8.24. The van der Waals surface area contributed by atoms with Gasteiger partial charge in [0.2, 0.25) is 0 Å². The van der Waals surface area contributed by atoms with Crippen LogP contribution in [-0.4, -0.2) is 10.1 Å². The van der Waals surface area contributed by atoms with Gasteiger partial charge in [0.1, 0.15) is 5.76 Å². The second kappa shape index (κ2) is 5.20. The number of aromatic nitrogens is 2. The topological polar surface area (TPSA) is 51.0 Å². The van der Waals surface area contributed by atoms with Gasteiger partial charge in [0, 0.05) is 23.7 Å². The van der Waals surface area contributed by atoms with Crippen LogP contribution in [0.25, 0.3) is 10.9 Å². The smallest absolute Gasteiger partial charge is 0.150 e. The van der Waals surface area contributed by atoms with Crippen molar-refractivity contribution in [2.45, 2.75) is 20.0 Å². The maximum absolute atomic E-state index is 5.06. The van der Waals surface area contributed by atoms with Gasteiger partial charge in [-0.05, 0) is 24.6 Å². The van der Waals surface area contributed by atoms with Crippen LogP contribution in [0.15, 0.2) is 47.1 Å². The van der Waals surface area contributed by atoms with Gasteiger partial charge in [-0.1, -0.05) is 23.4 Å². The van der Waals surface area contributed by atoms with Crippen LogP contribution in [0.2, 0.25) is 0 Å². The molecular weight excluding hydrogens is 238 g/mol. The minimum absolute atomic E-state index is 0.676. The van der Waals surface area contributed by atoms with Crippen molar-refractivity contribution in [1.29, 1.82) is 0 Å². The van der Waals surface area contributed by atoms with Crippen LogP contribution in [0.3, 0.4) is 0 Å². The summed E-state index contributed by atoms with van der Waals surface area (Å²) in [6.07, 6.45) is 1.66. The fourth-order valence-electron chi connectivity index (χ4n) is 2.19. The number of rotatable bonds is 4. The maximum atomic E-state index is 5.06. The van der Waals surface area contributed by atoms with Crippen molar-refractivity contribution in [3.05, 3.63) is 59.6 Å². The van der Waals surface area contributed by atoms with Crippen LogP contribution in [0.1, 0.15) is 17.0 Å². The van der Waals surface area contributed by atoms with Gasteiger partial charge in [-0.3, -0.25) is 4.98 Å². The van der Waals surface area contributed by atoms with Gasteiger partial charge >= 0.3 is 0 Å². The Morgan fingerprint density at radius 2 is 2.05 bits per heavy atom. The first-order chi connectivity index (χ1) is 9.33. The molecule has 0 aliphatic carbocycles. The Labute approximate surface area is 111 Å². The highest BCUT2D eigenvalue weighted by molar-refractivity contribution is 5.82. The number of hydrogen-bond donors (Lipinski definition) is 1. The quantitative estimate of drug-likeness (QED) is 0.776. The summed E-state index contributed by atoms with van der Waals surface area (Å²) in [7, 11) is 0. The van der Waals surface area contributed by atoms with Gasteiger partial charge in [0.15, 0.2) is 0 Å².